The summed E-state index contributed by atoms with van der Waals surface area (Å²) >= 11 is 0. The molecule has 2 aromatic rings. The summed E-state index contributed by atoms with van der Waals surface area (Å²) in [6, 6.07) is 2.43. The average Bonchev–Trinajstić information content (AvgIpc) is 2.52. The minimum atomic E-state index is -1.44. The predicted molar refractivity (Wildman–Crippen MR) is 97.9 cm³/mol. The van der Waals surface area contributed by atoms with Gasteiger partial charge in [0.15, 0.2) is 0 Å². The molecule has 0 amide bonds. The number of nitrogens with two attached hydrogens (primary N) is 1. The molecular weight excluding hydrogens is 368 g/mol. The highest BCUT2D eigenvalue weighted by Crippen LogP contribution is 2.30. The fraction of sp³-hybridized carbons (Fsp3) is 0.412. The van der Waals surface area contributed by atoms with Crippen LogP contribution in [0.4, 0.5) is 14.5 Å². The van der Waals surface area contributed by atoms with Crippen LogP contribution in [0.25, 0.3) is 10.9 Å². The second-order valence-corrected chi connectivity index (χ2v) is 6.98. The van der Waals surface area contributed by atoms with Crippen molar-refractivity contribution < 1.29 is 18.7 Å². The van der Waals surface area contributed by atoms with Crippen LogP contribution in [0.1, 0.15) is 24.2 Å². The van der Waals surface area contributed by atoms with Crippen molar-refractivity contribution in [1.29, 1.82) is 0 Å². The van der Waals surface area contributed by atoms with Crippen molar-refractivity contribution in [2.45, 2.75) is 25.4 Å². The number of hydrogen-bond donors (Lipinski definition) is 2. The van der Waals surface area contributed by atoms with E-state index in [1.54, 1.807) is 18.7 Å². The molecule has 1 aliphatic rings. The van der Waals surface area contributed by atoms with Gasteiger partial charge in [-0.25, -0.2) is 13.6 Å². The van der Waals surface area contributed by atoms with Crippen molar-refractivity contribution in [3.05, 3.63) is 39.9 Å². The fourth-order valence-electron chi connectivity index (χ4n) is 3.00. The van der Waals surface area contributed by atoms with Gasteiger partial charge < -0.3 is 20.3 Å². The van der Waals surface area contributed by atoms with Crippen LogP contribution in [0.2, 0.25) is 0 Å². The maximum absolute atomic E-state index is 14.5. The maximum atomic E-state index is 14.5. The molecule has 0 saturated carbocycles. The van der Waals surface area contributed by atoms with Crippen LogP contribution >= 0.6 is 12.4 Å². The summed E-state index contributed by atoms with van der Waals surface area (Å²) in [5.74, 6) is -2.07. The van der Waals surface area contributed by atoms with Gasteiger partial charge in [-0.3, -0.25) is 4.79 Å². The van der Waals surface area contributed by atoms with E-state index in [1.165, 1.54) is 10.6 Å². The van der Waals surface area contributed by atoms with Crippen molar-refractivity contribution in [1.82, 2.24) is 4.57 Å². The molecule has 0 atom stereocenters. The molecule has 6 nitrogen and oxygen atoms in total. The van der Waals surface area contributed by atoms with Crippen LogP contribution in [-0.2, 0) is 5.54 Å². The van der Waals surface area contributed by atoms with Crippen molar-refractivity contribution in [2.24, 2.45) is 5.73 Å². The van der Waals surface area contributed by atoms with E-state index in [2.05, 4.69) is 0 Å². The Morgan fingerprint density at radius 2 is 2.00 bits per heavy atom. The molecule has 3 rings (SSSR count). The molecule has 142 valence electrons. The van der Waals surface area contributed by atoms with Crippen molar-refractivity contribution >= 4 is 35.0 Å². The summed E-state index contributed by atoms with van der Waals surface area (Å²) in [4.78, 5) is 25.5. The third-order valence-corrected chi connectivity index (χ3v) is 4.53. The van der Waals surface area contributed by atoms with E-state index < -0.39 is 35.0 Å². The molecule has 3 N–H and O–H groups in total. The van der Waals surface area contributed by atoms with Gasteiger partial charge in [-0.1, -0.05) is 0 Å². The van der Waals surface area contributed by atoms with Gasteiger partial charge in [0.05, 0.1) is 16.7 Å². The summed E-state index contributed by atoms with van der Waals surface area (Å²) in [5.41, 5.74) is 3.87. The number of carboxylic acids is 1. The van der Waals surface area contributed by atoms with Gasteiger partial charge in [0.2, 0.25) is 5.43 Å². The van der Waals surface area contributed by atoms with E-state index in [-0.39, 0.29) is 35.0 Å². The Balaban J connectivity index is 0.00000243. The highest BCUT2D eigenvalue weighted by Gasteiger charge is 2.29. The quantitative estimate of drug-likeness (QED) is 0.838. The van der Waals surface area contributed by atoms with Crippen LogP contribution in [0.5, 0.6) is 0 Å². The number of halogens is 3. The van der Waals surface area contributed by atoms with E-state index in [9.17, 15) is 23.5 Å². The summed E-state index contributed by atoms with van der Waals surface area (Å²) in [5, 5.41) is 9.16. The van der Waals surface area contributed by atoms with Crippen LogP contribution in [0.15, 0.2) is 23.1 Å². The lowest BCUT2D eigenvalue weighted by Crippen LogP contribution is -2.56. The number of fused-ring (bicyclic) bond motifs is 1. The van der Waals surface area contributed by atoms with Crippen LogP contribution in [-0.4, -0.2) is 41.4 Å². The third-order valence-electron chi connectivity index (χ3n) is 4.53. The van der Waals surface area contributed by atoms with Crippen LogP contribution < -0.4 is 16.1 Å². The first kappa shape index (κ1) is 20.1. The highest BCUT2D eigenvalue weighted by atomic mass is 35.5. The SMILES string of the molecule is CC(C)(CF)n1cc(C(=O)O)c(=O)c2cc(F)c(N3CC(N)C3)cc21.Cl. The first-order chi connectivity index (χ1) is 11.7. The smallest absolute Gasteiger partial charge is 0.341 e. The Morgan fingerprint density at radius 3 is 2.50 bits per heavy atom. The van der Waals surface area contributed by atoms with Gasteiger partial charge in [0.1, 0.15) is 18.1 Å². The lowest BCUT2D eigenvalue weighted by Gasteiger charge is -2.39. The summed E-state index contributed by atoms with van der Waals surface area (Å²) in [6.07, 6.45) is 1.12. The summed E-state index contributed by atoms with van der Waals surface area (Å²) < 4.78 is 29.4. The average molecular weight is 388 g/mol. The normalized spacial score (nSPS) is 14.9. The van der Waals surface area contributed by atoms with Crippen molar-refractivity contribution in [2.75, 3.05) is 24.7 Å². The molecule has 1 aromatic carbocycles. The summed E-state index contributed by atoms with van der Waals surface area (Å²) in [7, 11) is 0. The summed E-state index contributed by atoms with van der Waals surface area (Å²) in [6.45, 7) is 3.32. The third kappa shape index (κ3) is 3.14. The predicted octanol–water partition coefficient (Wildman–Crippen LogP) is 2.11. The molecule has 1 fully saturated rings. The first-order valence-corrected chi connectivity index (χ1v) is 7.85. The minimum absolute atomic E-state index is 0. The molecule has 0 unspecified atom stereocenters. The molecule has 0 aliphatic carbocycles. The van der Waals surface area contributed by atoms with E-state index in [4.69, 9.17) is 5.73 Å². The zero-order valence-electron chi connectivity index (χ0n) is 14.3. The van der Waals surface area contributed by atoms with Gasteiger partial charge >= 0.3 is 5.97 Å². The number of pyridine rings is 1. The van der Waals surface area contributed by atoms with E-state index >= 15 is 0 Å². The topological polar surface area (TPSA) is 88.6 Å². The number of anilines is 1. The number of hydrogen-bond acceptors (Lipinski definition) is 4. The first-order valence-electron chi connectivity index (χ1n) is 7.85. The van der Waals surface area contributed by atoms with Crippen LogP contribution in [0.3, 0.4) is 0 Å². The monoisotopic (exact) mass is 387 g/mol. The van der Waals surface area contributed by atoms with Gasteiger partial charge in [-0.05, 0) is 26.0 Å². The number of benzene rings is 1. The van der Waals surface area contributed by atoms with Gasteiger partial charge in [0, 0.05) is 30.7 Å². The Labute approximate surface area is 154 Å². The van der Waals surface area contributed by atoms with Crippen LogP contribution in [0, 0.1) is 5.82 Å². The molecule has 1 aromatic heterocycles. The second-order valence-electron chi connectivity index (χ2n) is 6.98. The van der Waals surface area contributed by atoms with Crippen molar-refractivity contribution in [3.8, 4) is 0 Å². The number of carbonyl (C=O) groups is 1. The lowest BCUT2D eigenvalue weighted by atomic mass is 10.0. The largest absolute Gasteiger partial charge is 0.477 e. The standard InChI is InChI=1S/C17H19F2N3O3.ClH/c1-17(2,8-18)22-7-11(16(24)25)15(23)10-3-12(19)14(4-13(10)22)21-5-9(20)6-21;/h3-4,7,9H,5-6,8,20H2,1-2H3,(H,24,25);1H. The van der Waals surface area contributed by atoms with Gasteiger partial charge in [-0.2, -0.15) is 0 Å². The molecule has 2 heterocycles. The van der Waals surface area contributed by atoms with Gasteiger partial charge in [-0.15, -0.1) is 12.4 Å². The van der Waals surface area contributed by atoms with Gasteiger partial charge in [0.25, 0.3) is 0 Å². The fourth-order valence-corrected chi connectivity index (χ4v) is 3.00. The number of aromatic carboxylic acids is 1. The van der Waals surface area contributed by atoms with E-state index in [1.807, 2.05) is 0 Å². The van der Waals surface area contributed by atoms with E-state index in [0.717, 1.165) is 12.3 Å². The number of carboxylic acid groups (broad SMARTS) is 1. The number of rotatable bonds is 4. The molecule has 1 saturated heterocycles. The Hall–Kier alpha value is -2.19. The van der Waals surface area contributed by atoms with Crippen molar-refractivity contribution in [3.63, 3.8) is 0 Å². The minimum Gasteiger partial charge on any atom is -0.477 e. The number of aromatic nitrogens is 1. The highest BCUT2D eigenvalue weighted by molar-refractivity contribution is 5.93. The molecular formula is C17H20ClF2N3O3. The Kier molecular flexibility index (Phi) is 5.30. The number of alkyl halides is 1. The second kappa shape index (κ2) is 6.85. The molecule has 26 heavy (non-hydrogen) atoms. The zero-order valence-corrected chi connectivity index (χ0v) is 15.1. The molecule has 0 spiro atoms. The zero-order chi connectivity index (χ0) is 18.5. The molecule has 1 aliphatic heterocycles. The lowest BCUT2D eigenvalue weighted by molar-refractivity contribution is 0.0694. The molecule has 9 heteroatoms. The maximum Gasteiger partial charge on any atom is 0.341 e. The Morgan fingerprint density at radius 1 is 1.38 bits per heavy atom. The van der Waals surface area contributed by atoms with E-state index in [0.29, 0.717) is 13.1 Å². The molecule has 0 bridgehead atoms. The Bertz CT molecular complexity index is 924. The number of nitrogens with zero attached hydrogens (tertiary/aromatic N) is 2. The molecule has 0 radical (unpaired) electrons.